The van der Waals surface area contributed by atoms with Crippen LogP contribution in [0.5, 0.6) is 11.5 Å². The zero-order chi connectivity index (χ0) is 14.3. The Morgan fingerprint density at radius 1 is 1.32 bits per heavy atom. The molecule has 0 fully saturated rings. The van der Waals surface area contributed by atoms with Gasteiger partial charge < -0.3 is 20.6 Å². The quantitative estimate of drug-likeness (QED) is 0.604. The van der Waals surface area contributed by atoms with Gasteiger partial charge in [-0.2, -0.15) is 0 Å². The Morgan fingerprint density at radius 2 is 2.05 bits per heavy atom. The first kappa shape index (κ1) is 15.3. The average molecular weight is 267 g/mol. The number of phenols is 2. The number of rotatable bonds is 7. The van der Waals surface area contributed by atoms with Crippen molar-refractivity contribution in [1.29, 1.82) is 0 Å². The number of carbonyl (C=O) groups is 1. The van der Waals surface area contributed by atoms with Gasteiger partial charge in [-0.25, -0.2) is 0 Å². The second-order valence-corrected chi connectivity index (χ2v) is 4.58. The van der Waals surface area contributed by atoms with Crippen LogP contribution < -0.4 is 5.32 Å². The molecule has 0 aromatic heterocycles. The van der Waals surface area contributed by atoms with Crippen LogP contribution in [0.1, 0.15) is 36.5 Å². The standard InChI is InChI=1S/C14H21NO4/c1-2-3-10(6-7-16)9-15-14(19)12-5-4-11(17)8-13(12)18/h4-5,8,10,16-18H,2-3,6-7,9H2,1H3,(H,15,19). The smallest absolute Gasteiger partial charge is 0.255 e. The molecule has 0 aliphatic carbocycles. The van der Waals surface area contributed by atoms with Crippen LogP contribution in [0, 0.1) is 5.92 Å². The van der Waals surface area contributed by atoms with Gasteiger partial charge in [0, 0.05) is 19.2 Å². The highest BCUT2D eigenvalue weighted by Crippen LogP contribution is 2.22. The van der Waals surface area contributed by atoms with Gasteiger partial charge in [0.05, 0.1) is 5.56 Å². The van der Waals surface area contributed by atoms with Gasteiger partial charge in [-0.05, 0) is 30.9 Å². The number of benzene rings is 1. The van der Waals surface area contributed by atoms with E-state index in [1.54, 1.807) is 0 Å². The van der Waals surface area contributed by atoms with Gasteiger partial charge in [-0.3, -0.25) is 4.79 Å². The molecule has 1 aromatic carbocycles. The maximum absolute atomic E-state index is 11.9. The van der Waals surface area contributed by atoms with Crippen molar-refractivity contribution >= 4 is 5.91 Å². The van der Waals surface area contributed by atoms with Crippen molar-refractivity contribution in [3.63, 3.8) is 0 Å². The maximum atomic E-state index is 11.9. The zero-order valence-corrected chi connectivity index (χ0v) is 11.1. The first-order chi connectivity index (χ1) is 9.08. The molecule has 0 heterocycles. The highest BCUT2D eigenvalue weighted by atomic mass is 16.3. The Labute approximate surface area is 112 Å². The predicted octanol–water partition coefficient (Wildman–Crippen LogP) is 1.63. The number of nitrogens with one attached hydrogen (secondary N) is 1. The van der Waals surface area contributed by atoms with E-state index in [9.17, 15) is 9.90 Å². The summed E-state index contributed by atoms with van der Waals surface area (Å²) in [6.07, 6.45) is 2.57. The van der Waals surface area contributed by atoms with E-state index >= 15 is 0 Å². The lowest BCUT2D eigenvalue weighted by Gasteiger charge is -2.16. The molecule has 0 saturated heterocycles. The number of phenolic OH excluding ortho intramolecular Hbond substituents is 2. The minimum atomic E-state index is -0.378. The monoisotopic (exact) mass is 267 g/mol. The van der Waals surface area contributed by atoms with E-state index in [1.165, 1.54) is 12.1 Å². The summed E-state index contributed by atoms with van der Waals surface area (Å²) in [5.74, 6) is -0.473. The molecular weight excluding hydrogens is 246 g/mol. The first-order valence-corrected chi connectivity index (χ1v) is 6.49. The van der Waals surface area contributed by atoms with Crippen molar-refractivity contribution in [1.82, 2.24) is 5.32 Å². The van der Waals surface area contributed by atoms with Crippen molar-refractivity contribution in [3.05, 3.63) is 23.8 Å². The van der Waals surface area contributed by atoms with Crippen LogP contribution >= 0.6 is 0 Å². The lowest BCUT2D eigenvalue weighted by Crippen LogP contribution is -2.29. The molecule has 0 radical (unpaired) electrons. The molecule has 1 atom stereocenters. The lowest BCUT2D eigenvalue weighted by molar-refractivity contribution is 0.0940. The third kappa shape index (κ3) is 4.79. The minimum Gasteiger partial charge on any atom is -0.508 e. The van der Waals surface area contributed by atoms with Crippen LogP contribution in [0.15, 0.2) is 18.2 Å². The molecule has 5 heteroatoms. The van der Waals surface area contributed by atoms with Crippen LogP contribution in [0.3, 0.4) is 0 Å². The van der Waals surface area contributed by atoms with E-state index in [0.717, 1.165) is 18.9 Å². The average Bonchev–Trinajstić information content (AvgIpc) is 2.36. The van der Waals surface area contributed by atoms with Crippen LogP contribution in [-0.2, 0) is 0 Å². The Kier molecular flexibility index (Phi) is 6.15. The van der Waals surface area contributed by atoms with Gasteiger partial charge in [-0.1, -0.05) is 13.3 Å². The maximum Gasteiger partial charge on any atom is 0.255 e. The molecule has 106 valence electrons. The summed E-state index contributed by atoms with van der Waals surface area (Å²) in [5, 5.41) is 30.4. The number of aliphatic hydroxyl groups is 1. The number of carbonyl (C=O) groups excluding carboxylic acids is 1. The van der Waals surface area contributed by atoms with E-state index in [4.69, 9.17) is 10.2 Å². The Morgan fingerprint density at radius 3 is 2.63 bits per heavy atom. The van der Waals surface area contributed by atoms with Crippen molar-refractivity contribution in [2.24, 2.45) is 5.92 Å². The van der Waals surface area contributed by atoms with E-state index in [-0.39, 0.29) is 35.5 Å². The minimum absolute atomic E-state index is 0.0850. The Balaban J connectivity index is 2.58. The van der Waals surface area contributed by atoms with E-state index in [1.807, 2.05) is 0 Å². The number of aromatic hydroxyl groups is 2. The van der Waals surface area contributed by atoms with Gasteiger partial charge in [0.1, 0.15) is 11.5 Å². The molecule has 5 nitrogen and oxygen atoms in total. The third-order valence-electron chi connectivity index (χ3n) is 3.01. The van der Waals surface area contributed by atoms with Crippen LogP contribution in [0.2, 0.25) is 0 Å². The van der Waals surface area contributed by atoms with Crippen molar-refractivity contribution in [2.75, 3.05) is 13.2 Å². The van der Waals surface area contributed by atoms with Gasteiger partial charge in [-0.15, -0.1) is 0 Å². The molecule has 1 aromatic rings. The molecule has 0 aliphatic heterocycles. The van der Waals surface area contributed by atoms with E-state index < -0.39 is 0 Å². The van der Waals surface area contributed by atoms with Crippen LogP contribution in [0.4, 0.5) is 0 Å². The molecule has 0 spiro atoms. The Hall–Kier alpha value is -1.75. The van der Waals surface area contributed by atoms with Crippen molar-refractivity contribution in [3.8, 4) is 11.5 Å². The number of aliphatic hydroxyl groups excluding tert-OH is 1. The number of amides is 1. The summed E-state index contributed by atoms with van der Waals surface area (Å²) in [6, 6.07) is 3.86. The van der Waals surface area contributed by atoms with Gasteiger partial charge in [0.25, 0.3) is 5.91 Å². The van der Waals surface area contributed by atoms with Crippen molar-refractivity contribution in [2.45, 2.75) is 26.2 Å². The molecule has 19 heavy (non-hydrogen) atoms. The molecule has 1 unspecified atom stereocenters. The largest absolute Gasteiger partial charge is 0.508 e. The first-order valence-electron chi connectivity index (χ1n) is 6.49. The zero-order valence-electron chi connectivity index (χ0n) is 11.1. The number of hydrogen-bond donors (Lipinski definition) is 4. The third-order valence-corrected chi connectivity index (χ3v) is 3.01. The van der Waals surface area contributed by atoms with Gasteiger partial charge in [0.15, 0.2) is 0 Å². The summed E-state index contributed by atoms with van der Waals surface area (Å²) in [4.78, 5) is 11.9. The predicted molar refractivity (Wildman–Crippen MR) is 72.2 cm³/mol. The summed E-state index contributed by atoms with van der Waals surface area (Å²) in [7, 11) is 0. The van der Waals surface area contributed by atoms with Crippen molar-refractivity contribution < 1.29 is 20.1 Å². The molecule has 1 rings (SSSR count). The topological polar surface area (TPSA) is 89.8 Å². The SMILES string of the molecule is CCCC(CCO)CNC(=O)c1ccc(O)cc1O. The second-order valence-electron chi connectivity index (χ2n) is 4.58. The highest BCUT2D eigenvalue weighted by Gasteiger charge is 2.14. The van der Waals surface area contributed by atoms with Crippen LogP contribution in [0.25, 0.3) is 0 Å². The van der Waals surface area contributed by atoms with E-state index in [0.29, 0.717) is 13.0 Å². The summed E-state index contributed by atoms with van der Waals surface area (Å²) in [5.41, 5.74) is 0.136. The van der Waals surface area contributed by atoms with Gasteiger partial charge >= 0.3 is 0 Å². The Bertz CT molecular complexity index is 414. The van der Waals surface area contributed by atoms with E-state index in [2.05, 4.69) is 12.2 Å². The molecule has 4 N–H and O–H groups in total. The van der Waals surface area contributed by atoms with Gasteiger partial charge in [0.2, 0.25) is 0 Å². The molecule has 0 saturated carbocycles. The number of hydrogen-bond acceptors (Lipinski definition) is 4. The molecule has 0 aliphatic rings. The normalized spacial score (nSPS) is 12.1. The second kappa shape index (κ2) is 7.63. The fourth-order valence-corrected chi connectivity index (χ4v) is 1.98. The molecule has 1 amide bonds. The fourth-order valence-electron chi connectivity index (χ4n) is 1.98. The summed E-state index contributed by atoms with van der Waals surface area (Å²) < 4.78 is 0. The molecule has 0 bridgehead atoms. The summed E-state index contributed by atoms with van der Waals surface area (Å²) in [6.45, 7) is 2.62. The molecular formula is C14H21NO4. The summed E-state index contributed by atoms with van der Waals surface area (Å²) >= 11 is 0. The van der Waals surface area contributed by atoms with Crippen LogP contribution in [-0.4, -0.2) is 34.4 Å². The highest BCUT2D eigenvalue weighted by molar-refractivity contribution is 5.96. The lowest BCUT2D eigenvalue weighted by atomic mass is 10.00. The fraction of sp³-hybridized carbons (Fsp3) is 0.500.